The molecule has 0 aliphatic carbocycles. The Labute approximate surface area is 190 Å². The van der Waals surface area contributed by atoms with Crippen LogP contribution in [0, 0.1) is 0 Å². The van der Waals surface area contributed by atoms with E-state index in [1.807, 2.05) is 30.3 Å². The molecule has 0 fully saturated rings. The van der Waals surface area contributed by atoms with Gasteiger partial charge in [-0.25, -0.2) is 5.01 Å². The Bertz CT molecular complexity index is 998. The van der Waals surface area contributed by atoms with Gasteiger partial charge in [-0.3, -0.25) is 9.59 Å². The van der Waals surface area contributed by atoms with Crippen LogP contribution in [-0.4, -0.2) is 35.2 Å². The highest BCUT2D eigenvalue weighted by molar-refractivity contribution is 8.14. The number of para-hydroxylation sites is 1. The van der Waals surface area contributed by atoms with Gasteiger partial charge in [0.25, 0.3) is 0 Å². The Kier molecular flexibility index (Phi) is 7.81. The third kappa shape index (κ3) is 5.92. The average Bonchev–Trinajstić information content (AvgIpc) is 3.15. The molecule has 0 saturated heterocycles. The van der Waals surface area contributed by atoms with Crippen molar-refractivity contribution in [1.82, 2.24) is 10.3 Å². The first kappa shape index (κ1) is 23.0. The molecule has 1 N–H and O–H groups in total. The molecule has 2 amide bonds. The summed E-state index contributed by atoms with van der Waals surface area (Å²) in [6.45, 7) is 5.62. The summed E-state index contributed by atoms with van der Waals surface area (Å²) in [4.78, 5) is 23.3. The van der Waals surface area contributed by atoms with Gasteiger partial charge in [-0.1, -0.05) is 54.6 Å². The Morgan fingerprint density at radius 2 is 1.84 bits per heavy atom. The molecule has 1 aliphatic rings. The van der Waals surface area contributed by atoms with E-state index >= 15 is 0 Å². The number of halogens is 1. The second kappa shape index (κ2) is 10.5. The first-order valence-electron chi connectivity index (χ1n) is 9.84. The molecule has 31 heavy (non-hydrogen) atoms. The summed E-state index contributed by atoms with van der Waals surface area (Å²) in [6.07, 6.45) is 0.897. The van der Waals surface area contributed by atoms with Gasteiger partial charge in [0, 0.05) is 13.8 Å². The van der Waals surface area contributed by atoms with Crippen LogP contribution in [0.1, 0.15) is 37.3 Å². The molecule has 2 aromatic rings. The van der Waals surface area contributed by atoms with Gasteiger partial charge in [-0.2, -0.15) is 0 Å². The quantitative estimate of drug-likeness (QED) is 0.619. The number of hydrogen-bond donors (Lipinski definition) is 1. The van der Waals surface area contributed by atoms with Crippen molar-refractivity contribution >= 4 is 40.3 Å². The number of amides is 2. The predicted octanol–water partition coefficient (Wildman–Crippen LogP) is 4.36. The number of thioether (sulfide) groups is 1. The number of aryl methyl sites for hydroxylation is 1. The van der Waals surface area contributed by atoms with Gasteiger partial charge in [-0.15, -0.1) is 5.10 Å². The van der Waals surface area contributed by atoms with Crippen LogP contribution in [-0.2, 0) is 16.0 Å². The maximum Gasteiger partial charge on any atom is 0.241 e. The Morgan fingerprint density at radius 3 is 2.48 bits per heavy atom. The van der Waals surface area contributed by atoms with Crippen molar-refractivity contribution < 1.29 is 19.1 Å². The largest absolute Gasteiger partial charge is 0.490 e. The number of ether oxygens (including phenoxy) is 2. The summed E-state index contributed by atoms with van der Waals surface area (Å²) < 4.78 is 11.6. The highest BCUT2D eigenvalue weighted by Gasteiger charge is 2.32. The zero-order chi connectivity index (χ0) is 22.4. The van der Waals surface area contributed by atoms with Gasteiger partial charge in [-0.05, 0) is 35.7 Å². The summed E-state index contributed by atoms with van der Waals surface area (Å²) in [5.41, 5.74) is 1.92. The van der Waals surface area contributed by atoms with Crippen molar-refractivity contribution in [2.24, 2.45) is 5.10 Å². The van der Waals surface area contributed by atoms with Crippen molar-refractivity contribution in [2.45, 2.75) is 32.6 Å². The van der Waals surface area contributed by atoms with Gasteiger partial charge in [0.2, 0.25) is 11.8 Å². The van der Waals surface area contributed by atoms with Crippen LogP contribution in [0.3, 0.4) is 0 Å². The Hall–Kier alpha value is -2.71. The van der Waals surface area contributed by atoms with E-state index in [-0.39, 0.29) is 11.8 Å². The van der Waals surface area contributed by atoms with Gasteiger partial charge < -0.3 is 14.8 Å². The molecule has 7 nitrogen and oxygen atoms in total. The lowest BCUT2D eigenvalue weighted by Gasteiger charge is -2.20. The van der Waals surface area contributed by atoms with E-state index < -0.39 is 5.37 Å². The number of rotatable bonds is 7. The van der Waals surface area contributed by atoms with Crippen molar-refractivity contribution in [3.05, 3.63) is 58.6 Å². The highest BCUT2D eigenvalue weighted by atomic mass is 35.5. The van der Waals surface area contributed by atoms with Crippen molar-refractivity contribution in [2.75, 3.05) is 13.2 Å². The Morgan fingerprint density at radius 1 is 1.13 bits per heavy atom. The Balaban J connectivity index is 1.61. The molecule has 0 bridgehead atoms. The average molecular weight is 462 g/mol. The smallest absolute Gasteiger partial charge is 0.241 e. The van der Waals surface area contributed by atoms with Crippen LogP contribution in [0.4, 0.5) is 0 Å². The SMILES string of the molecule is CCc1ccccc1OCCOc1ccc(C2SC(NC(C)=O)=NN2C(C)=O)cc1Cl. The van der Waals surface area contributed by atoms with Crippen molar-refractivity contribution in [3.8, 4) is 11.5 Å². The second-order valence-electron chi connectivity index (χ2n) is 6.77. The topological polar surface area (TPSA) is 80.2 Å². The molecule has 9 heteroatoms. The van der Waals surface area contributed by atoms with Crippen LogP contribution < -0.4 is 14.8 Å². The minimum absolute atomic E-state index is 0.237. The number of nitrogens with one attached hydrogen (secondary N) is 1. The maximum absolute atomic E-state index is 12.0. The van der Waals surface area contributed by atoms with Crippen LogP contribution in [0.5, 0.6) is 11.5 Å². The van der Waals surface area contributed by atoms with Crippen molar-refractivity contribution in [3.63, 3.8) is 0 Å². The molecule has 0 spiro atoms. The minimum Gasteiger partial charge on any atom is -0.490 e. The van der Waals surface area contributed by atoms with Crippen LogP contribution >= 0.6 is 23.4 Å². The summed E-state index contributed by atoms with van der Waals surface area (Å²) >= 11 is 7.68. The third-order valence-electron chi connectivity index (χ3n) is 4.44. The van der Waals surface area contributed by atoms with E-state index in [2.05, 4.69) is 17.3 Å². The zero-order valence-electron chi connectivity index (χ0n) is 17.6. The molecule has 2 aromatic carbocycles. The minimum atomic E-state index is -0.417. The number of carbonyl (C=O) groups excluding carboxylic acids is 2. The second-order valence-corrected chi connectivity index (χ2v) is 8.24. The first-order valence-corrected chi connectivity index (χ1v) is 11.1. The number of amidine groups is 1. The van der Waals surface area contributed by atoms with E-state index in [0.717, 1.165) is 23.3 Å². The number of nitrogens with zero attached hydrogens (tertiary/aromatic N) is 2. The standard InChI is InChI=1S/C22H24ClN3O4S/c1-4-16-7-5-6-8-19(16)29-11-12-30-20-10-9-17(13-18(20)23)21-26(15(3)28)25-22(31-21)24-14(2)27/h5-10,13,21H,4,11-12H2,1-3H3,(H,24,25,27). The number of hydrogen-bond acceptors (Lipinski definition) is 6. The maximum atomic E-state index is 12.0. The number of hydrazone groups is 1. The molecule has 0 radical (unpaired) electrons. The van der Waals surface area contributed by atoms with Gasteiger partial charge in [0.15, 0.2) is 5.17 Å². The van der Waals surface area contributed by atoms with E-state index in [1.54, 1.807) is 12.1 Å². The van der Waals surface area contributed by atoms with Gasteiger partial charge >= 0.3 is 0 Å². The lowest BCUT2D eigenvalue weighted by atomic mass is 10.1. The predicted molar refractivity (Wildman–Crippen MR) is 122 cm³/mol. The lowest BCUT2D eigenvalue weighted by Crippen LogP contribution is -2.25. The molecule has 1 atom stereocenters. The highest BCUT2D eigenvalue weighted by Crippen LogP contribution is 2.40. The van der Waals surface area contributed by atoms with Crippen LogP contribution in [0.15, 0.2) is 47.6 Å². The third-order valence-corrected chi connectivity index (χ3v) is 5.84. The summed E-state index contributed by atoms with van der Waals surface area (Å²) in [5, 5.41) is 8.49. The van der Waals surface area contributed by atoms with Crippen LogP contribution in [0.25, 0.3) is 0 Å². The fraction of sp³-hybridized carbons (Fsp3) is 0.318. The molecule has 164 valence electrons. The lowest BCUT2D eigenvalue weighted by molar-refractivity contribution is -0.129. The summed E-state index contributed by atoms with van der Waals surface area (Å²) in [6, 6.07) is 13.2. The van der Waals surface area contributed by atoms with E-state index in [9.17, 15) is 9.59 Å². The summed E-state index contributed by atoms with van der Waals surface area (Å²) in [7, 11) is 0. The van der Waals surface area contributed by atoms with Crippen molar-refractivity contribution in [1.29, 1.82) is 0 Å². The number of carbonyl (C=O) groups is 2. The normalized spacial score (nSPS) is 15.4. The fourth-order valence-electron chi connectivity index (χ4n) is 3.01. The summed E-state index contributed by atoms with van der Waals surface area (Å²) in [5.74, 6) is 0.894. The molecular weight excluding hydrogens is 438 g/mol. The molecule has 1 heterocycles. The first-order chi connectivity index (χ1) is 14.9. The van der Waals surface area contributed by atoms with E-state index in [4.69, 9.17) is 21.1 Å². The van der Waals surface area contributed by atoms with E-state index in [0.29, 0.717) is 29.2 Å². The molecule has 0 aromatic heterocycles. The molecule has 1 unspecified atom stereocenters. The molecule has 1 aliphatic heterocycles. The molecule has 0 saturated carbocycles. The van der Waals surface area contributed by atoms with Gasteiger partial charge in [0.05, 0.1) is 5.02 Å². The molecular formula is C22H24ClN3O4S. The zero-order valence-corrected chi connectivity index (χ0v) is 19.1. The molecule has 3 rings (SSSR count). The van der Waals surface area contributed by atoms with E-state index in [1.165, 1.54) is 30.6 Å². The number of benzene rings is 2. The fourth-order valence-corrected chi connectivity index (χ4v) is 4.38. The van der Waals surface area contributed by atoms with Gasteiger partial charge in [0.1, 0.15) is 30.1 Å². The monoisotopic (exact) mass is 461 g/mol. The van der Waals surface area contributed by atoms with Crippen LogP contribution in [0.2, 0.25) is 5.02 Å².